The summed E-state index contributed by atoms with van der Waals surface area (Å²) in [7, 11) is 0. The van der Waals surface area contributed by atoms with Crippen LogP contribution in [0, 0.1) is 19.7 Å². The first-order valence-corrected chi connectivity index (χ1v) is 5.75. The van der Waals surface area contributed by atoms with Crippen LogP contribution in [-0.4, -0.2) is 5.11 Å². The van der Waals surface area contributed by atoms with Gasteiger partial charge in [0.15, 0.2) is 0 Å². The van der Waals surface area contributed by atoms with Crippen molar-refractivity contribution >= 4 is 0 Å². The molecule has 1 N–H and O–H groups in total. The van der Waals surface area contributed by atoms with Crippen LogP contribution in [0.25, 0.3) is 0 Å². The minimum absolute atomic E-state index is 0.179. The van der Waals surface area contributed by atoms with Crippen molar-refractivity contribution < 1.29 is 14.2 Å². The molecule has 18 heavy (non-hydrogen) atoms. The minimum atomic E-state index is -0.458. The Hall–Kier alpha value is -1.87. The predicted octanol–water partition coefficient (Wildman–Crippen LogP) is 3.73. The SMILES string of the molecule is Cc1ccc(C)c(Oc2cccc(F)c2CO)c1. The first-order chi connectivity index (χ1) is 8.61. The number of hydrogen-bond acceptors (Lipinski definition) is 2. The van der Waals surface area contributed by atoms with E-state index in [0.29, 0.717) is 11.5 Å². The Kier molecular flexibility index (Phi) is 3.63. The smallest absolute Gasteiger partial charge is 0.135 e. The molecule has 2 aromatic rings. The van der Waals surface area contributed by atoms with E-state index in [2.05, 4.69) is 0 Å². The van der Waals surface area contributed by atoms with Crippen molar-refractivity contribution in [1.82, 2.24) is 0 Å². The Labute approximate surface area is 106 Å². The molecule has 0 aliphatic carbocycles. The zero-order chi connectivity index (χ0) is 13.1. The third-order valence-corrected chi connectivity index (χ3v) is 2.80. The molecule has 0 aliphatic heterocycles. The molecule has 2 aromatic carbocycles. The number of rotatable bonds is 3. The summed E-state index contributed by atoms with van der Waals surface area (Å²) in [5, 5.41) is 9.18. The van der Waals surface area contributed by atoms with Gasteiger partial charge in [-0.25, -0.2) is 4.39 Å². The van der Waals surface area contributed by atoms with E-state index in [4.69, 9.17) is 4.74 Å². The van der Waals surface area contributed by atoms with E-state index in [1.807, 2.05) is 32.0 Å². The number of aliphatic hydroxyl groups is 1. The van der Waals surface area contributed by atoms with Crippen molar-refractivity contribution in [3.63, 3.8) is 0 Å². The van der Waals surface area contributed by atoms with Gasteiger partial charge in [0.1, 0.15) is 17.3 Å². The highest BCUT2D eigenvalue weighted by molar-refractivity contribution is 5.42. The van der Waals surface area contributed by atoms with Crippen LogP contribution in [0.3, 0.4) is 0 Å². The van der Waals surface area contributed by atoms with E-state index < -0.39 is 5.82 Å². The zero-order valence-electron chi connectivity index (χ0n) is 10.4. The molecule has 2 nitrogen and oxygen atoms in total. The van der Waals surface area contributed by atoms with Crippen molar-refractivity contribution in [3.8, 4) is 11.5 Å². The van der Waals surface area contributed by atoms with E-state index in [0.717, 1.165) is 11.1 Å². The van der Waals surface area contributed by atoms with Gasteiger partial charge < -0.3 is 9.84 Å². The van der Waals surface area contributed by atoms with Crippen LogP contribution in [0.4, 0.5) is 4.39 Å². The van der Waals surface area contributed by atoms with Gasteiger partial charge in [0.25, 0.3) is 0 Å². The van der Waals surface area contributed by atoms with Gasteiger partial charge >= 0.3 is 0 Å². The summed E-state index contributed by atoms with van der Waals surface area (Å²) in [6.45, 7) is 3.50. The molecule has 0 saturated carbocycles. The van der Waals surface area contributed by atoms with Gasteiger partial charge in [-0.2, -0.15) is 0 Å². The van der Waals surface area contributed by atoms with Gasteiger partial charge in [-0.15, -0.1) is 0 Å². The van der Waals surface area contributed by atoms with Crippen molar-refractivity contribution in [1.29, 1.82) is 0 Å². The normalized spacial score (nSPS) is 10.4. The average molecular weight is 246 g/mol. The molecule has 0 heterocycles. The molecule has 0 spiro atoms. The first-order valence-electron chi connectivity index (χ1n) is 5.75. The maximum atomic E-state index is 13.5. The number of benzene rings is 2. The second-order valence-corrected chi connectivity index (χ2v) is 4.25. The molecule has 0 unspecified atom stereocenters. The molecule has 0 aromatic heterocycles. The molecule has 0 amide bonds. The predicted molar refractivity (Wildman–Crippen MR) is 68.3 cm³/mol. The number of halogens is 1. The monoisotopic (exact) mass is 246 g/mol. The molecule has 3 heteroatoms. The van der Waals surface area contributed by atoms with Gasteiger partial charge in [-0.3, -0.25) is 0 Å². The Bertz CT molecular complexity index is 564. The van der Waals surface area contributed by atoms with E-state index in [9.17, 15) is 9.50 Å². The lowest BCUT2D eigenvalue weighted by Gasteiger charge is -2.12. The summed E-state index contributed by atoms with van der Waals surface area (Å²) in [4.78, 5) is 0. The lowest BCUT2D eigenvalue weighted by atomic mass is 10.1. The Morgan fingerprint density at radius 3 is 2.61 bits per heavy atom. The fourth-order valence-corrected chi connectivity index (χ4v) is 1.72. The van der Waals surface area contributed by atoms with Crippen molar-refractivity contribution in [2.75, 3.05) is 0 Å². The summed E-state index contributed by atoms with van der Waals surface area (Å²) in [5.41, 5.74) is 2.21. The van der Waals surface area contributed by atoms with Crippen molar-refractivity contribution in [2.24, 2.45) is 0 Å². The summed E-state index contributed by atoms with van der Waals surface area (Å²) in [6.07, 6.45) is 0. The van der Waals surface area contributed by atoms with Crippen molar-refractivity contribution in [3.05, 3.63) is 58.9 Å². The van der Waals surface area contributed by atoms with Gasteiger partial charge in [0.2, 0.25) is 0 Å². The molecular weight excluding hydrogens is 231 g/mol. The molecule has 0 fully saturated rings. The van der Waals surface area contributed by atoms with Gasteiger partial charge in [-0.05, 0) is 43.2 Å². The zero-order valence-corrected chi connectivity index (χ0v) is 10.4. The van der Waals surface area contributed by atoms with Crippen LogP contribution in [0.5, 0.6) is 11.5 Å². The van der Waals surface area contributed by atoms with Crippen LogP contribution in [0.1, 0.15) is 16.7 Å². The minimum Gasteiger partial charge on any atom is -0.457 e. The molecule has 2 rings (SSSR count). The molecule has 0 atom stereocenters. The fraction of sp³-hybridized carbons (Fsp3) is 0.200. The second kappa shape index (κ2) is 5.19. The summed E-state index contributed by atoms with van der Waals surface area (Å²) >= 11 is 0. The van der Waals surface area contributed by atoms with E-state index in [1.165, 1.54) is 6.07 Å². The molecule has 0 aliphatic rings. The largest absolute Gasteiger partial charge is 0.457 e. The van der Waals surface area contributed by atoms with E-state index in [-0.39, 0.29) is 12.2 Å². The van der Waals surface area contributed by atoms with E-state index in [1.54, 1.807) is 12.1 Å². The highest BCUT2D eigenvalue weighted by Gasteiger charge is 2.10. The lowest BCUT2D eigenvalue weighted by molar-refractivity contribution is 0.270. The third-order valence-electron chi connectivity index (χ3n) is 2.80. The summed E-state index contributed by atoms with van der Waals surface area (Å²) in [6, 6.07) is 10.3. The third kappa shape index (κ3) is 2.51. The van der Waals surface area contributed by atoms with Crippen LogP contribution in [0.2, 0.25) is 0 Å². The van der Waals surface area contributed by atoms with Gasteiger partial charge in [-0.1, -0.05) is 18.2 Å². The maximum Gasteiger partial charge on any atom is 0.135 e. The summed E-state index contributed by atoms with van der Waals surface area (Å²) in [5.74, 6) is 0.571. The molecule has 0 bridgehead atoms. The topological polar surface area (TPSA) is 29.5 Å². The van der Waals surface area contributed by atoms with Gasteiger partial charge in [0, 0.05) is 0 Å². The highest BCUT2D eigenvalue weighted by Crippen LogP contribution is 2.29. The van der Waals surface area contributed by atoms with Crippen molar-refractivity contribution in [2.45, 2.75) is 20.5 Å². The summed E-state index contributed by atoms with van der Waals surface area (Å²) < 4.78 is 19.2. The van der Waals surface area contributed by atoms with Crippen LogP contribution in [-0.2, 0) is 6.61 Å². The van der Waals surface area contributed by atoms with Gasteiger partial charge in [0.05, 0.1) is 12.2 Å². The highest BCUT2D eigenvalue weighted by atomic mass is 19.1. The molecule has 0 saturated heterocycles. The number of aryl methyl sites for hydroxylation is 2. The molecule has 94 valence electrons. The second-order valence-electron chi connectivity index (χ2n) is 4.25. The number of ether oxygens (including phenoxy) is 1. The van der Waals surface area contributed by atoms with Crippen LogP contribution in [0.15, 0.2) is 36.4 Å². The number of hydrogen-bond donors (Lipinski definition) is 1. The van der Waals surface area contributed by atoms with E-state index >= 15 is 0 Å². The lowest BCUT2D eigenvalue weighted by Crippen LogP contribution is -1.96. The Morgan fingerprint density at radius 2 is 1.89 bits per heavy atom. The Morgan fingerprint density at radius 1 is 1.11 bits per heavy atom. The molecular formula is C15H15FO2. The number of aliphatic hydroxyl groups excluding tert-OH is 1. The van der Waals surface area contributed by atoms with Crippen LogP contribution < -0.4 is 4.74 Å². The Balaban J connectivity index is 2.40. The maximum absolute atomic E-state index is 13.5. The van der Waals surface area contributed by atoms with Crippen LogP contribution >= 0.6 is 0 Å². The molecule has 0 radical (unpaired) electrons. The standard InChI is InChI=1S/C15H15FO2/c1-10-6-7-11(2)15(8-10)18-14-5-3-4-13(16)12(14)9-17/h3-8,17H,9H2,1-2H3. The first kappa shape index (κ1) is 12.6. The average Bonchev–Trinajstić information content (AvgIpc) is 2.34. The quantitative estimate of drug-likeness (QED) is 0.894. The fourth-order valence-electron chi connectivity index (χ4n) is 1.72.